The van der Waals surface area contributed by atoms with Crippen LogP contribution < -0.4 is 10.0 Å². The molecule has 5 aliphatic rings. The summed E-state index contributed by atoms with van der Waals surface area (Å²) in [6.07, 6.45) is 5.34. The number of carboxylic acid groups (broad SMARTS) is 1. The molecule has 4 saturated carbocycles. The van der Waals surface area contributed by atoms with E-state index in [0.29, 0.717) is 29.9 Å². The van der Waals surface area contributed by atoms with Crippen LogP contribution in [0.2, 0.25) is 0 Å². The molecular formula is C38H39N2O6-. The number of Topliss-reactive ketones (excluding diaryl/α,β-unsaturated/α-hetero) is 1. The molecule has 8 nitrogen and oxygen atoms in total. The molecule has 8 rings (SSSR count). The standard InChI is InChI=1S/C38H40N2O6/c41-34-18-32(36(43)44)40(37(45)46-24-26-11-5-2-6-12-26)33(22-38-19-27-15-28(20-38)17-29(16-27)21-38)35(42)39(23-25-9-3-1-4-10-25)31-14-8-7-13-30(31)34/h1-14,27-29,32-33H,15-24H2,(H,43,44)/p-1/t27?,28?,29?,32-,33+,38?/m0/s1. The van der Waals surface area contributed by atoms with Gasteiger partial charge in [-0.05, 0) is 91.4 Å². The number of fused-ring (bicyclic) bond motifs is 1. The van der Waals surface area contributed by atoms with Crippen molar-refractivity contribution in [3.8, 4) is 0 Å². The minimum atomic E-state index is -1.68. The molecule has 0 spiro atoms. The van der Waals surface area contributed by atoms with E-state index in [9.17, 15) is 19.5 Å². The van der Waals surface area contributed by atoms with Crippen LogP contribution in [0.3, 0.4) is 0 Å². The number of para-hydroxylation sites is 1. The van der Waals surface area contributed by atoms with Crippen molar-refractivity contribution >= 4 is 29.4 Å². The van der Waals surface area contributed by atoms with E-state index in [1.807, 2.05) is 60.7 Å². The Labute approximate surface area is 269 Å². The molecular weight excluding hydrogens is 580 g/mol. The topological polar surface area (TPSA) is 107 Å². The van der Waals surface area contributed by atoms with Crippen LogP contribution in [0.5, 0.6) is 0 Å². The van der Waals surface area contributed by atoms with E-state index in [1.54, 1.807) is 29.2 Å². The fraction of sp³-hybridized carbons (Fsp3) is 0.421. The summed E-state index contributed by atoms with van der Waals surface area (Å²) in [6.45, 7) is 0.0559. The van der Waals surface area contributed by atoms with Crippen LogP contribution >= 0.6 is 0 Å². The SMILES string of the molecule is O=C1C[C@@H](C(=O)[O-])N(C(=O)OCc2ccccc2)[C@H](CC23CC4CC(CC(C4)C2)C3)C(=O)N(Cc2ccccc2)c2ccccc21. The second-order valence-electron chi connectivity index (χ2n) is 14.0. The highest BCUT2D eigenvalue weighted by atomic mass is 16.6. The van der Waals surface area contributed by atoms with E-state index < -0.39 is 42.3 Å². The number of aliphatic carboxylic acids is 1. The molecule has 0 unspecified atom stereocenters. The molecule has 0 N–H and O–H groups in total. The number of hydrogen-bond donors (Lipinski definition) is 0. The van der Waals surface area contributed by atoms with Crippen LogP contribution in [0.1, 0.15) is 72.9 Å². The minimum Gasteiger partial charge on any atom is -0.548 e. The highest BCUT2D eigenvalue weighted by molar-refractivity contribution is 6.09. The number of hydrogen-bond acceptors (Lipinski definition) is 6. The van der Waals surface area contributed by atoms with Gasteiger partial charge in [-0.2, -0.15) is 0 Å². The highest BCUT2D eigenvalue weighted by Crippen LogP contribution is 2.62. The molecule has 3 aromatic rings. The Kier molecular flexibility index (Phi) is 8.13. The summed E-state index contributed by atoms with van der Waals surface area (Å²) in [7, 11) is 0. The molecule has 4 bridgehead atoms. The van der Waals surface area contributed by atoms with Gasteiger partial charge in [-0.3, -0.25) is 14.5 Å². The average Bonchev–Trinajstić information content (AvgIpc) is 3.08. The van der Waals surface area contributed by atoms with E-state index in [0.717, 1.165) is 35.3 Å². The number of nitrogens with zero attached hydrogens (tertiary/aromatic N) is 2. The van der Waals surface area contributed by atoms with Gasteiger partial charge in [0.15, 0.2) is 5.78 Å². The van der Waals surface area contributed by atoms with Crippen molar-refractivity contribution in [2.45, 2.75) is 76.6 Å². The number of amides is 2. The molecule has 2 amide bonds. The first-order chi connectivity index (χ1) is 22.3. The van der Waals surface area contributed by atoms with Crippen molar-refractivity contribution in [2.24, 2.45) is 23.2 Å². The Bertz CT molecular complexity index is 1590. The van der Waals surface area contributed by atoms with Gasteiger partial charge in [-0.1, -0.05) is 72.8 Å². The second kappa shape index (κ2) is 12.4. The smallest absolute Gasteiger partial charge is 0.411 e. The number of carbonyl (C=O) groups excluding carboxylic acids is 4. The van der Waals surface area contributed by atoms with E-state index in [4.69, 9.17) is 4.74 Å². The van der Waals surface area contributed by atoms with Gasteiger partial charge in [0.05, 0.1) is 24.2 Å². The second-order valence-corrected chi connectivity index (χ2v) is 14.0. The maximum absolute atomic E-state index is 15.2. The number of ketones is 1. The van der Waals surface area contributed by atoms with Crippen LogP contribution in [0.25, 0.3) is 0 Å². The molecule has 1 heterocycles. The largest absolute Gasteiger partial charge is 0.548 e. The number of carbonyl (C=O) groups is 4. The molecule has 3 aromatic carbocycles. The molecule has 0 saturated heterocycles. The van der Waals surface area contributed by atoms with E-state index in [2.05, 4.69) is 0 Å². The number of rotatable bonds is 7. The van der Waals surface area contributed by atoms with Crippen LogP contribution in [0.15, 0.2) is 84.9 Å². The van der Waals surface area contributed by atoms with Gasteiger partial charge in [0.25, 0.3) is 0 Å². The van der Waals surface area contributed by atoms with Crippen molar-refractivity contribution in [1.29, 1.82) is 0 Å². The maximum atomic E-state index is 15.2. The maximum Gasteiger partial charge on any atom is 0.411 e. The lowest BCUT2D eigenvalue weighted by Crippen LogP contribution is -2.61. The van der Waals surface area contributed by atoms with Crippen LogP contribution in [-0.2, 0) is 27.5 Å². The normalized spacial score (nSPS) is 28.7. The summed E-state index contributed by atoms with van der Waals surface area (Å²) < 4.78 is 5.76. The Hall–Kier alpha value is -4.46. The zero-order valence-electron chi connectivity index (χ0n) is 25.9. The van der Waals surface area contributed by atoms with Crippen molar-refractivity contribution in [1.82, 2.24) is 4.90 Å². The predicted octanol–water partition coefficient (Wildman–Crippen LogP) is 5.54. The van der Waals surface area contributed by atoms with Gasteiger partial charge in [0.2, 0.25) is 5.91 Å². The number of ether oxygens (including phenoxy) is 1. The van der Waals surface area contributed by atoms with Crippen molar-refractivity contribution in [2.75, 3.05) is 4.90 Å². The third kappa shape index (κ3) is 5.93. The summed E-state index contributed by atoms with van der Waals surface area (Å²) in [4.78, 5) is 58.8. The van der Waals surface area contributed by atoms with Gasteiger partial charge in [0.1, 0.15) is 12.6 Å². The summed E-state index contributed by atoms with van der Waals surface area (Å²) in [5.41, 5.74) is 2.03. The number of anilines is 1. The molecule has 8 heteroatoms. The highest BCUT2D eigenvalue weighted by Gasteiger charge is 2.54. The van der Waals surface area contributed by atoms with E-state index in [1.165, 1.54) is 19.3 Å². The minimum absolute atomic E-state index is 0.101. The average molecular weight is 620 g/mol. The Morgan fingerprint density at radius 2 is 1.35 bits per heavy atom. The number of carboxylic acids is 1. The molecule has 238 valence electrons. The van der Waals surface area contributed by atoms with Gasteiger partial charge in [-0.15, -0.1) is 0 Å². The zero-order chi connectivity index (χ0) is 31.8. The third-order valence-corrected chi connectivity index (χ3v) is 10.8. The zero-order valence-corrected chi connectivity index (χ0v) is 25.9. The first-order valence-electron chi connectivity index (χ1n) is 16.5. The molecule has 2 atom stereocenters. The Morgan fingerprint density at radius 1 is 0.783 bits per heavy atom. The lowest BCUT2D eigenvalue weighted by atomic mass is 9.48. The lowest BCUT2D eigenvalue weighted by molar-refractivity contribution is -0.311. The van der Waals surface area contributed by atoms with E-state index in [-0.39, 0.29) is 24.1 Å². The van der Waals surface area contributed by atoms with Gasteiger partial charge < -0.3 is 19.5 Å². The molecule has 4 aliphatic carbocycles. The number of benzene rings is 3. The lowest BCUT2D eigenvalue weighted by Gasteiger charge is -2.58. The summed E-state index contributed by atoms with van der Waals surface area (Å²) >= 11 is 0. The monoisotopic (exact) mass is 619 g/mol. The molecule has 1 aliphatic heterocycles. The fourth-order valence-electron chi connectivity index (χ4n) is 9.27. The van der Waals surface area contributed by atoms with Crippen LogP contribution in [0.4, 0.5) is 10.5 Å². The summed E-state index contributed by atoms with van der Waals surface area (Å²) in [5, 5.41) is 12.9. The van der Waals surface area contributed by atoms with Crippen LogP contribution in [-0.4, -0.2) is 40.7 Å². The Balaban J connectivity index is 1.34. The quantitative estimate of drug-likeness (QED) is 0.344. The molecule has 4 fully saturated rings. The summed E-state index contributed by atoms with van der Waals surface area (Å²) in [5.74, 6) is -0.735. The molecule has 46 heavy (non-hydrogen) atoms. The summed E-state index contributed by atoms with van der Waals surface area (Å²) in [6, 6.07) is 22.6. The molecule has 0 radical (unpaired) electrons. The van der Waals surface area contributed by atoms with Gasteiger partial charge in [0, 0.05) is 12.0 Å². The van der Waals surface area contributed by atoms with Crippen LogP contribution in [0, 0.1) is 23.2 Å². The first kappa shape index (κ1) is 30.2. The third-order valence-electron chi connectivity index (χ3n) is 10.8. The first-order valence-corrected chi connectivity index (χ1v) is 16.5. The van der Waals surface area contributed by atoms with Crippen molar-refractivity contribution in [3.05, 3.63) is 102 Å². The van der Waals surface area contributed by atoms with Crippen molar-refractivity contribution in [3.63, 3.8) is 0 Å². The fourth-order valence-corrected chi connectivity index (χ4v) is 9.27. The van der Waals surface area contributed by atoms with Gasteiger partial charge in [-0.25, -0.2) is 4.79 Å². The predicted molar refractivity (Wildman–Crippen MR) is 169 cm³/mol. The van der Waals surface area contributed by atoms with Crippen molar-refractivity contribution < 1.29 is 29.0 Å². The Morgan fingerprint density at radius 3 is 1.96 bits per heavy atom. The van der Waals surface area contributed by atoms with E-state index >= 15 is 4.79 Å². The van der Waals surface area contributed by atoms with Gasteiger partial charge >= 0.3 is 6.09 Å². The molecule has 0 aromatic heterocycles.